The molecule has 0 saturated heterocycles. The second-order valence-corrected chi connectivity index (χ2v) is 3.24. The van der Waals surface area contributed by atoms with Crippen molar-refractivity contribution in [3.05, 3.63) is 34.9 Å². The van der Waals surface area contributed by atoms with Gasteiger partial charge in [-0.1, -0.05) is 0 Å². The maximum Gasteiger partial charge on any atom is 0.416 e. The first-order valence-electron chi connectivity index (χ1n) is 4.22. The number of hydrogen-bond acceptors (Lipinski definition) is 2. The zero-order chi connectivity index (χ0) is 11.6. The zero-order valence-corrected chi connectivity index (χ0v) is 7.97. The molecule has 15 heavy (non-hydrogen) atoms. The van der Waals surface area contributed by atoms with E-state index < -0.39 is 17.8 Å². The molecule has 1 atom stereocenters. The highest BCUT2D eigenvalue weighted by Gasteiger charge is 2.31. The fraction of sp³-hybridized carbons (Fsp3) is 0.300. The summed E-state index contributed by atoms with van der Waals surface area (Å²) in [6.07, 6.45) is -4.45. The molecule has 80 valence electrons. The molecule has 1 aromatic rings. The van der Waals surface area contributed by atoms with Crippen LogP contribution in [0.15, 0.2) is 18.2 Å². The third-order valence-electron chi connectivity index (χ3n) is 1.94. The van der Waals surface area contributed by atoms with E-state index in [2.05, 4.69) is 0 Å². The van der Waals surface area contributed by atoms with Crippen LogP contribution >= 0.6 is 0 Å². The van der Waals surface area contributed by atoms with Gasteiger partial charge in [-0.2, -0.15) is 18.4 Å². The molecule has 0 saturated carbocycles. The Morgan fingerprint density at radius 1 is 1.33 bits per heavy atom. The molecule has 0 fully saturated rings. The van der Waals surface area contributed by atoms with E-state index in [1.165, 1.54) is 6.07 Å². The van der Waals surface area contributed by atoms with Crippen LogP contribution in [0.5, 0.6) is 0 Å². The average Bonchev–Trinajstić information content (AvgIpc) is 2.15. The fourth-order valence-corrected chi connectivity index (χ4v) is 1.14. The molecule has 1 rings (SSSR count). The summed E-state index contributed by atoms with van der Waals surface area (Å²) in [5.41, 5.74) is 4.91. The Kier molecular flexibility index (Phi) is 3.01. The second kappa shape index (κ2) is 3.91. The van der Waals surface area contributed by atoms with E-state index in [4.69, 9.17) is 11.0 Å². The highest BCUT2D eigenvalue weighted by atomic mass is 19.4. The Morgan fingerprint density at radius 2 is 1.93 bits per heavy atom. The molecule has 0 radical (unpaired) electrons. The Morgan fingerprint density at radius 3 is 2.33 bits per heavy atom. The third-order valence-corrected chi connectivity index (χ3v) is 1.94. The van der Waals surface area contributed by atoms with Gasteiger partial charge in [-0.25, -0.2) is 0 Å². The van der Waals surface area contributed by atoms with Crippen LogP contribution in [0.1, 0.15) is 29.7 Å². The van der Waals surface area contributed by atoms with E-state index in [1.54, 1.807) is 13.0 Å². The summed E-state index contributed by atoms with van der Waals surface area (Å²) in [5.74, 6) is 0. The van der Waals surface area contributed by atoms with Gasteiger partial charge < -0.3 is 5.73 Å². The topological polar surface area (TPSA) is 49.8 Å². The van der Waals surface area contributed by atoms with E-state index in [-0.39, 0.29) is 5.56 Å². The Bertz CT molecular complexity index is 402. The minimum atomic E-state index is -4.45. The van der Waals surface area contributed by atoms with E-state index in [1.807, 2.05) is 0 Å². The highest BCUT2D eigenvalue weighted by molar-refractivity contribution is 5.39. The van der Waals surface area contributed by atoms with Gasteiger partial charge in [0.2, 0.25) is 0 Å². The first-order chi connectivity index (χ1) is 6.84. The smallest absolute Gasteiger partial charge is 0.324 e. The molecular weight excluding hydrogens is 205 g/mol. The van der Waals surface area contributed by atoms with Crippen LogP contribution in [0.2, 0.25) is 0 Å². The molecule has 0 aromatic heterocycles. The van der Waals surface area contributed by atoms with Crippen molar-refractivity contribution in [2.24, 2.45) is 5.73 Å². The number of halogens is 3. The van der Waals surface area contributed by atoms with Crippen LogP contribution in [-0.4, -0.2) is 0 Å². The lowest BCUT2D eigenvalue weighted by atomic mass is 10.0. The monoisotopic (exact) mass is 214 g/mol. The fourth-order valence-electron chi connectivity index (χ4n) is 1.14. The van der Waals surface area contributed by atoms with Gasteiger partial charge in [-0.3, -0.25) is 0 Å². The Hall–Kier alpha value is -1.54. The number of rotatable bonds is 1. The summed E-state index contributed by atoms with van der Waals surface area (Å²) >= 11 is 0. The largest absolute Gasteiger partial charge is 0.416 e. The van der Waals surface area contributed by atoms with Gasteiger partial charge in [0, 0.05) is 6.04 Å². The van der Waals surface area contributed by atoms with Gasteiger partial charge >= 0.3 is 6.18 Å². The first-order valence-corrected chi connectivity index (χ1v) is 4.22. The summed E-state index contributed by atoms with van der Waals surface area (Å²) in [5, 5.41) is 8.58. The van der Waals surface area contributed by atoms with Gasteiger partial charge in [0.1, 0.15) is 0 Å². The summed E-state index contributed by atoms with van der Waals surface area (Å²) in [6, 6.07) is 4.29. The summed E-state index contributed by atoms with van der Waals surface area (Å²) in [4.78, 5) is 0. The molecular formula is C10H9F3N2. The van der Waals surface area contributed by atoms with Crippen LogP contribution < -0.4 is 5.73 Å². The van der Waals surface area contributed by atoms with Crippen molar-refractivity contribution in [2.75, 3.05) is 0 Å². The molecule has 0 heterocycles. The minimum absolute atomic E-state index is 0.0304. The molecule has 0 bridgehead atoms. The predicted octanol–water partition coefficient (Wildman–Crippen LogP) is 2.60. The summed E-state index contributed by atoms with van der Waals surface area (Å²) in [7, 11) is 0. The molecule has 0 aliphatic rings. The number of benzene rings is 1. The van der Waals surface area contributed by atoms with E-state index >= 15 is 0 Å². The summed E-state index contributed by atoms with van der Waals surface area (Å²) in [6.45, 7) is 1.57. The summed E-state index contributed by atoms with van der Waals surface area (Å²) < 4.78 is 37.2. The van der Waals surface area contributed by atoms with Gasteiger partial charge in [0.15, 0.2) is 0 Å². The highest BCUT2D eigenvalue weighted by Crippen LogP contribution is 2.31. The van der Waals surface area contributed by atoms with Crippen molar-refractivity contribution in [1.29, 1.82) is 5.26 Å². The van der Waals surface area contributed by atoms with Crippen LogP contribution in [-0.2, 0) is 6.18 Å². The Balaban J connectivity index is 3.32. The quantitative estimate of drug-likeness (QED) is 0.781. The third kappa shape index (κ3) is 2.70. The first kappa shape index (κ1) is 11.5. The van der Waals surface area contributed by atoms with Crippen molar-refractivity contribution in [2.45, 2.75) is 19.1 Å². The predicted molar refractivity (Wildman–Crippen MR) is 48.8 cm³/mol. The number of alkyl halides is 3. The second-order valence-electron chi connectivity index (χ2n) is 3.24. The number of nitriles is 1. The van der Waals surface area contributed by atoms with Crippen molar-refractivity contribution in [3.8, 4) is 6.07 Å². The normalized spacial score (nSPS) is 13.3. The van der Waals surface area contributed by atoms with Gasteiger partial charge in [0.25, 0.3) is 0 Å². The standard InChI is InChI=1S/C10H9F3N2/c1-6(15)8-2-7(5-14)3-9(4-8)10(11,12)13/h2-4,6H,15H2,1H3. The molecule has 1 aromatic carbocycles. The van der Waals surface area contributed by atoms with Gasteiger partial charge in [-0.05, 0) is 30.7 Å². The lowest BCUT2D eigenvalue weighted by Crippen LogP contribution is -2.10. The van der Waals surface area contributed by atoms with Crippen molar-refractivity contribution < 1.29 is 13.2 Å². The van der Waals surface area contributed by atoms with E-state index in [0.717, 1.165) is 12.1 Å². The molecule has 0 spiro atoms. The molecule has 5 heteroatoms. The SMILES string of the molecule is CC(N)c1cc(C#N)cc(C(F)(F)F)c1. The molecule has 1 unspecified atom stereocenters. The molecule has 2 N–H and O–H groups in total. The van der Waals surface area contributed by atoms with Gasteiger partial charge in [0.05, 0.1) is 17.2 Å². The zero-order valence-electron chi connectivity index (χ0n) is 7.97. The minimum Gasteiger partial charge on any atom is -0.324 e. The van der Waals surface area contributed by atoms with Crippen LogP contribution in [0.3, 0.4) is 0 Å². The maximum absolute atomic E-state index is 12.4. The van der Waals surface area contributed by atoms with Crippen LogP contribution in [0, 0.1) is 11.3 Å². The molecule has 0 aliphatic carbocycles. The van der Waals surface area contributed by atoms with E-state index in [0.29, 0.717) is 5.56 Å². The molecule has 0 aliphatic heterocycles. The average molecular weight is 214 g/mol. The molecule has 0 amide bonds. The van der Waals surface area contributed by atoms with Crippen LogP contribution in [0.25, 0.3) is 0 Å². The number of nitrogens with zero attached hydrogens (tertiary/aromatic N) is 1. The molecule has 2 nitrogen and oxygen atoms in total. The Labute approximate surface area is 85.1 Å². The van der Waals surface area contributed by atoms with E-state index in [9.17, 15) is 13.2 Å². The lowest BCUT2D eigenvalue weighted by molar-refractivity contribution is -0.137. The lowest BCUT2D eigenvalue weighted by Gasteiger charge is -2.11. The van der Waals surface area contributed by atoms with Crippen molar-refractivity contribution >= 4 is 0 Å². The van der Waals surface area contributed by atoms with Crippen LogP contribution in [0.4, 0.5) is 13.2 Å². The van der Waals surface area contributed by atoms with Gasteiger partial charge in [-0.15, -0.1) is 0 Å². The van der Waals surface area contributed by atoms with Crippen molar-refractivity contribution in [1.82, 2.24) is 0 Å². The maximum atomic E-state index is 12.4. The van der Waals surface area contributed by atoms with Crippen molar-refractivity contribution in [3.63, 3.8) is 0 Å². The number of nitrogens with two attached hydrogens (primary N) is 1. The number of hydrogen-bond donors (Lipinski definition) is 1.